The zero-order valence-electron chi connectivity index (χ0n) is 17.0. The van der Waals surface area contributed by atoms with Crippen LogP contribution in [0.15, 0.2) is 78.9 Å². The fourth-order valence-corrected chi connectivity index (χ4v) is 4.88. The van der Waals surface area contributed by atoms with Crippen molar-refractivity contribution in [3.63, 3.8) is 0 Å². The average molecular weight is 505 g/mol. The van der Waals surface area contributed by atoms with E-state index in [1.807, 2.05) is 0 Å². The van der Waals surface area contributed by atoms with E-state index in [0.29, 0.717) is 4.70 Å². The van der Waals surface area contributed by atoms with Crippen LogP contribution in [-0.4, -0.2) is 15.8 Å². The molecule has 0 aliphatic rings. The molecular formula is C22H14F2NO7PS. The van der Waals surface area contributed by atoms with Crippen LogP contribution < -0.4 is 9.26 Å². The van der Waals surface area contributed by atoms with Crippen molar-refractivity contribution in [1.82, 2.24) is 0 Å². The zero-order chi connectivity index (χ0) is 24.5. The summed E-state index contributed by atoms with van der Waals surface area (Å²) in [5, 5.41) is 10.9. The molecule has 0 saturated carbocycles. The number of nitro groups is 1. The van der Waals surface area contributed by atoms with Crippen LogP contribution in [0.2, 0.25) is 0 Å². The SMILES string of the molecule is O=C(Oc1ccc([N+](=O)[O-])cc1)c1cc2cc(C(F)(F)P(=O)(O)Oc3ccccc3)ccc2s1. The van der Waals surface area contributed by atoms with Gasteiger partial charge in [0.25, 0.3) is 5.69 Å². The molecule has 12 heteroatoms. The molecule has 0 saturated heterocycles. The topological polar surface area (TPSA) is 116 Å². The van der Waals surface area contributed by atoms with Gasteiger partial charge in [0.2, 0.25) is 0 Å². The van der Waals surface area contributed by atoms with Crippen molar-refractivity contribution < 1.29 is 37.2 Å². The maximum absolute atomic E-state index is 14.9. The van der Waals surface area contributed by atoms with Crippen molar-refractivity contribution in [3.8, 4) is 11.5 Å². The Labute approximate surface area is 194 Å². The van der Waals surface area contributed by atoms with Crippen molar-refractivity contribution in [1.29, 1.82) is 0 Å². The number of esters is 1. The summed E-state index contributed by atoms with van der Waals surface area (Å²) in [6.45, 7) is 0. The first-order valence-corrected chi connectivity index (χ1v) is 11.9. The number of halogens is 2. The maximum atomic E-state index is 14.9. The number of hydrogen-bond acceptors (Lipinski definition) is 7. The molecule has 0 radical (unpaired) electrons. The van der Waals surface area contributed by atoms with Crippen molar-refractivity contribution in [3.05, 3.63) is 99.4 Å². The molecule has 0 aliphatic heterocycles. The Bertz CT molecular complexity index is 1420. The summed E-state index contributed by atoms with van der Waals surface area (Å²) in [5.41, 5.74) is -5.15. The molecule has 4 rings (SSSR count). The number of nitro benzene ring substituents is 1. The molecule has 1 N–H and O–H groups in total. The number of rotatable bonds is 7. The van der Waals surface area contributed by atoms with E-state index in [-0.39, 0.29) is 27.4 Å². The predicted octanol–water partition coefficient (Wildman–Crippen LogP) is 6.34. The molecule has 1 atom stereocenters. The van der Waals surface area contributed by atoms with E-state index in [2.05, 4.69) is 0 Å². The van der Waals surface area contributed by atoms with E-state index < -0.39 is 29.7 Å². The van der Waals surface area contributed by atoms with E-state index in [9.17, 15) is 33.1 Å². The van der Waals surface area contributed by atoms with Crippen LogP contribution in [0.4, 0.5) is 14.5 Å². The minimum absolute atomic E-state index is 0.0690. The van der Waals surface area contributed by atoms with Gasteiger partial charge < -0.3 is 14.2 Å². The molecule has 34 heavy (non-hydrogen) atoms. The number of alkyl halides is 2. The van der Waals surface area contributed by atoms with Gasteiger partial charge in [0.05, 0.1) is 4.92 Å². The summed E-state index contributed by atoms with van der Waals surface area (Å²) in [6.07, 6.45) is 0. The van der Waals surface area contributed by atoms with E-state index in [1.165, 1.54) is 60.7 Å². The van der Waals surface area contributed by atoms with Gasteiger partial charge in [-0.25, -0.2) is 9.36 Å². The second kappa shape index (κ2) is 8.94. The van der Waals surface area contributed by atoms with Crippen molar-refractivity contribution in [2.24, 2.45) is 0 Å². The summed E-state index contributed by atoms with van der Waals surface area (Å²) in [5.74, 6) is -0.899. The lowest BCUT2D eigenvalue weighted by molar-refractivity contribution is -0.384. The van der Waals surface area contributed by atoms with E-state index >= 15 is 0 Å². The molecule has 0 amide bonds. The minimum Gasteiger partial charge on any atom is -0.422 e. The quantitative estimate of drug-likeness (QED) is 0.102. The number of para-hydroxylation sites is 1. The van der Waals surface area contributed by atoms with Gasteiger partial charge in [-0.2, -0.15) is 8.78 Å². The van der Waals surface area contributed by atoms with Crippen LogP contribution in [0.1, 0.15) is 15.2 Å². The summed E-state index contributed by atoms with van der Waals surface area (Å²) < 4.78 is 52.6. The summed E-state index contributed by atoms with van der Waals surface area (Å²) >= 11 is 0.972. The van der Waals surface area contributed by atoms with E-state index in [4.69, 9.17) is 9.26 Å². The van der Waals surface area contributed by atoms with Crippen LogP contribution in [0.3, 0.4) is 0 Å². The fraction of sp³-hybridized carbons (Fsp3) is 0.0455. The highest BCUT2D eigenvalue weighted by molar-refractivity contribution is 7.54. The smallest absolute Gasteiger partial charge is 0.422 e. The van der Waals surface area contributed by atoms with Gasteiger partial charge in [-0.1, -0.05) is 24.3 Å². The molecule has 4 aromatic rings. The number of non-ortho nitro benzene ring substituents is 1. The number of fused-ring (bicyclic) bond motifs is 1. The van der Waals surface area contributed by atoms with Crippen LogP contribution in [0, 0.1) is 10.1 Å². The van der Waals surface area contributed by atoms with Gasteiger partial charge in [0.1, 0.15) is 16.4 Å². The maximum Gasteiger partial charge on any atom is 0.450 e. The lowest BCUT2D eigenvalue weighted by Gasteiger charge is -2.22. The highest BCUT2D eigenvalue weighted by atomic mass is 32.1. The van der Waals surface area contributed by atoms with Crippen molar-refractivity contribution >= 4 is 40.7 Å². The Kier molecular flexibility index (Phi) is 6.18. The molecule has 0 bridgehead atoms. The Morgan fingerprint density at radius 2 is 1.68 bits per heavy atom. The molecule has 3 aromatic carbocycles. The number of hydrogen-bond donors (Lipinski definition) is 1. The van der Waals surface area contributed by atoms with Crippen LogP contribution in [-0.2, 0) is 10.2 Å². The largest absolute Gasteiger partial charge is 0.450 e. The van der Waals surface area contributed by atoms with E-state index in [0.717, 1.165) is 23.5 Å². The normalized spacial score (nSPS) is 13.3. The summed E-state index contributed by atoms with van der Waals surface area (Å²) in [6, 6.07) is 16.6. The predicted molar refractivity (Wildman–Crippen MR) is 121 cm³/mol. The van der Waals surface area contributed by atoms with Gasteiger partial charge >= 0.3 is 19.2 Å². The zero-order valence-corrected chi connectivity index (χ0v) is 18.7. The van der Waals surface area contributed by atoms with Crippen molar-refractivity contribution in [2.75, 3.05) is 0 Å². The lowest BCUT2D eigenvalue weighted by Crippen LogP contribution is -2.17. The molecule has 1 unspecified atom stereocenters. The fourth-order valence-electron chi connectivity index (χ4n) is 2.97. The Morgan fingerprint density at radius 3 is 2.32 bits per heavy atom. The highest BCUT2D eigenvalue weighted by Crippen LogP contribution is 2.62. The third kappa shape index (κ3) is 4.67. The van der Waals surface area contributed by atoms with Crippen LogP contribution in [0.25, 0.3) is 10.1 Å². The molecular weight excluding hydrogens is 491 g/mol. The second-order valence-corrected chi connectivity index (χ2v) is 9.84. The average Bonchev–Trinajstić information content (AvgIpc) is 3.23. The first kappa shape index (κ1) is 23.5. The molecule has 0 spiro atoms. The van der Waals surface area contributed by atoms with E-state index in [1.54, 1.807) is 6.07 Å². The molecule has 174 valence electrons. The van der Waals surface area contributed by atoms with Gasteiger partial charge in [-0.05, 0) is 47.9 Å². The summed E-state index contributed by atoms with van der Waals surface area (Å²) in [4.78, 5) is 32.7. The van der Waals surface area contributed by atoms with Gasteiger partial charge in [0, 0.05) is 22.4 Å². The molecule has 8 nitrogen and oxygen atoms in total. The first-order valence-electron chi connectivity index (χ1n) is 9.53. The molecule has 1 heterocycles. The second-order valence-electron chi connectivity index (χ2n) is 6.97. The number of carbonyl (C=O) groups excluding carboxylic acids is 1. The molecule has 0 aliphatic carbocycles. The lowest BCUT2D eigenvalue weighted by atomic mass is 10.1. The number of benzene rings is 3. The number of carbonyl (C=O) groups is 1. The third-order valence-electron chi connectivity index (χ3n) is 4.65. The Balaban J connectivity index is 1.57. The number of ether oxygens (including phenoxy) is 1. The standard InChI is InChI=1S/C22H14F2NO7PS/c23-22(24,33(29,30)32-18-4-2-1-3-5-18)15-6-11-19-14(12-15)13-20(34-19)21(26)31-17-9-7-16(8-10-17)25(27)28/h1-13H,(H,29,30). The minimum atomic E-state index is -5.46. The van der Waals surface area contributed by atoms with Gasteiger partial charge in [-0.3, -0.25) is 10.1 Å². The Hall–Kier alpha value is -3.66. The van der Waals surface area contributed by atoms with Gasteiger partial charge in [-0.15, -0.1) is 11.3 Å². The highest BCUT2D eigenvalue weighted by Gasteiger charge is 2.54. The number of thiophene rings is 1. The van der Waals surface area contributed by atoms with Gasteiger partial charge in [0.15, 0.2) is 0 Å². The monoisotopic (exact) mass is 505 g/mol. The Morgan fingerprint density at radius 1 is 1.00 bits per heavy atom. The first-order chi connectivity index (χ1) is 16.1. The molecule has 1 aromatic heterocycles. The number of nitrogens with zero attached hydrogens (tertiary/aromatic N) is 1. The molecule has 0 fully saturated rings. The summed E-state index contributed by atoms with van der Waals surface area (Å²) in [7, 11) is -5.46. The van der Waals surface area contributed by atoms with Crippen molar-refractivity contribution in [2.45, 2.75) is 5.66 Å². The van der Waals surface area contributed by atoms with Crippen LogP contribution >= 0.6 is 18.9 Å². The van der Waals surface area contributed by atoms with Crippen LogP contribution in [0.5, 0.6) is 11.5 Å². The third-order valence-corrected chi connectivity index (χ3v) is 7.17.